The number of amides is 1. The van der Waals surface area contributed by atoms with E-state index >= 15 is 0 Å². The van der Waals surface area contributed by atoms with Gasteiger partial charge in [-0.3, -0.25) is 4.79 Å². The van der Waals surface area contributed by atoms with E-state index in [0.717, 1.165) is 11.3 Å². The minimum absolute atomic E-state index is 0.176. The van der Waals surface area contributed by atoms with Crippen molar-refractivity contribution in [2.24, 2.45) is 5.10 Å². The smallest absolute Gasteiger partial charge is 0.262 e. The lowest BCUT2D eigenvalue weighted by Crippen LogP contribution is -2.37. The number of carbonyl (C=O) groups excluding carboxylic acids is 1. The molecule has 0 aliphatic carbocycles. The highest BCUT2D eigenvalue weighted by atomic mass is 16.3. The van der Waals surface area contributed by atoms with Crippen LogP contribution in [0, 0.1) is 13.8 Å². The molecule has 0 aliphatic rings. The fraction of sp³-hybridized carbons (Fsp3) is 0.294. The number of carbonyl (C=O) groups is 1. The van der Waals surface area contributed by atoms with Crippen molar-refractivity contribution in [2.45, 2.75) is 33.2 Å². The summed E-state index contributed by atoms with van der Waals surface area (Å²) in [5.74, 6) is 0.418. The molecular formula is C17H21N3O2. The Bertz CT molecular complexity index is 648. The Morgan fingerprint density at radius 3 is 2.82 bits per heavy atom. The standard InChI is InChI=1S/C17H21N3O2/c1-4-15(19-16-8-7-12(2)10-13(16)3)17(21)20-18-11-14-6-5-9-22-14/h5-11,15,19H,4H2,1-3H3,(H,20,21)/b18-11-/t15-/m1/s1. The molecule has 0 spiro atoms. The maximum absolute atomic E-state index is 12.2. The molecule has 1 aromatic carbocycles. The fourth-order valence-corrected chi connectivity index (χ4v) is 2.12. The van der Waals surface area contributed by atoms with E-state index in [4.69, 9.17) is 4.42 Å². The molecule has 1 atom stereocenters. The quantitative estimate of drug-likeness (QED) is 0.635. The third kappa shape index (κ3) is 4.22. The predicted molar refractivity (Wildman–Crippen MR) is 88.1 cm³/mol. The molecule has 0 fully saturated rings. The van der Waals surface area contributed by atoms with Gasteiger partial charge in [0.05, 0.1) is 12.5 Å². The highest BCUT2D eigenvalue weighted by Gasteiger charge is 2.16. The fourth-order valence-electron chi connectivity index (χ4n) is 2.12. The second kappa shape index (κ2) is 7.45. The Labute approximate surface area is 130 Å². The van der Waals surface area contributed by atoms with Crippen molar-refractivity contribution in [3.05, 3.63) is 53.5 Å². The number of anilines is 1. The summed E-state index contributed by atoms with van der Waals surface area (Å²) in [4.78, 5) is 12.2. The minimum atomic E-state index is -0.338. The summed E-state index contributed by atoms with van der Waals surface area (Å²) in [5, 5.41) is 7.16. The highest BCUT2D eigenvalue weighted by Crippen LogP contribution is 2.17. The molecule has 0 radical (unpaired) electrons. The van der Waals surface area contributed by atoms with Crippen LogP contribution < -0.4 is 10.7 Å². The number of aryl methyl sites for hydroxylation is 2. The van der Waals surface area contributed by atoms with Crippen molar-refractivity contribution in [2.75, 3.05) is 5.32 Å². The van der Waals surface area contributed by atoms with Crippen LogP contribution in [0.25, 0.3) is 0 Å². The van der Waals surface area contributed by atoms with Gasteiger partial charge < -0.3 is 9.73 Å². The average Bonchev–Trinajstić information content (AvgIpc) is 2.99. The van der Waals surface area contributed by atoms with Gasteiger partial charge in [-0.2, -0.15) is 5.10 Å². The molecule has 1 heterocycles. The first-order chi connectivity index (χ1) is 10.6. The molecule has 5 nitrogen and oxygen atoms in total. The molecule has 2 N–H and O–H groups in total. The Balaban J connectivity index is 1.96. The van der Waals surface area contributed by atoms with Crippen LogP contribution in [0.1, 0.15) is 30.2 Å². The second-order valence-electron chi connectivity index (χ2n) is 5.17. The monoisotopic (exact) mass is 299 g/mol. The van der Waals surface area contributed by atoms with Crippen molar-refractivity contribution in [1.82, 2.24) is 5.43 Å². The van der Waals surface area contributed by atoms with Gasteiger partial charge in [0.15, 0.2) is 0 Å². The number of rotatable bonds is 6. The summed E-state index contributed by atoms with van der Waals surface area (Å²) in [6.45, 7) is 6.02. The lowest BCUT2D eigenvalue weighted by Gasteiger charge is -2.18. The molecule has 2 aromatic rings. The zero-order valence-electron chi connectivity index (χ0n) is 13.1. The number of hydrazone groups is 1. The number of furan rings is 1. The highest BCUT2D eigenvalue weighted by molar-refractivity contribution is 5.86. The molecule has 22 heavy (non-hydrogen) atoms. The average molecular weight is 299 g/mol. The van der Waals surface area contributed by atoms with E-state index in [1.807, 2.05) is 32.9 Å². The van der Waals surface area contributed by atoms with Crippen LogP contribution in [-0.2, 0) is 4.79 Å². The van der Waals surface area contributed by atoms with Crippen molar-refractivity contribution >= 4 is 17.8 Å². The molecule has 0 aliphatic heterocycles. The normalized spacial score (nSPS) is 12.3. The number of hydrogen-bond donors (Lipinski definition) is 2. The molecule has 116 valence electrons. The Morgan fingerprint density at radius 2 is 2.18 bits per heavy atom. The van der Waals surface area contributed by atoms with Crippen LogP contribution in [-0.4, -0.2) is 18.2 Å². The van der Waals surface area contributed by atoms with E-state index in [1.165, 1.54) is 11.8 Å². The first-order valence-corrected chi connectivity index (χ1v) is 7.30. The number of benzene rings is 1. The zero-order valence-corrected chi connectivity index (χ0v) is 13.1. The van der Waals surface area contributed by atoms with Crippen LogP contribution in [0.5, 0.6) is 0 Å². The first-order valence-electron chi connectivity index (χ1n) is 7.30. The predicted octanol–water partition coefficient (Wildman–Crippen LogP) is 3.24. The van der Waals surface area contributed by atoms with Crippen LogP contribution in [0.3, 0.4) is 0 Å². The number of hydrogen-bond acceptors (Lipinski definition) is 4. The van der Waals surface area contributed by atoms with Gasteiger partial charge in [-0.05, 0) is 44.0 Å². The molecule has 5 heteroatoms. The van der Waals surface area contributed by atoms with Crippen molar-refractivity contribution in [3.63, 3.8) is 0 Å². The van der Waals surface area contributed by atoms with Gasteiger partial charge in [0.25, 0.3) is 5.91 Å². The van der Waals surface area contributed by atoms with Gasteiger partial charge in [-0.15, -0.1) is 0 Å². The van der Waals surface area contributed by atoms with Crippen LogP contribution in [0.15, 0.2) is 46.1 Å². The van der Waals surface area contributed by atoms with Crippen molar-refractivity contribution in [1.29, 1.82) is 0 Å². The van der Waals surface area contributed by atoms with E-state index in [9.17, 15) is 4.79 Å². The molecule has 0 bridgehead atoms. The Morgan fingerprint density at radius 1 is 1.36 bits per heavy atom. The molecule has 1 aromatic heterocycles. The number of nitrogens with one attached hydrogen (secondary N) is 2. The largest absolute Gasteiger partial charge is 0.463 e. The van der Waals surface area contributed by atoms with Gasteiger partial charge in [0.2, 0.25) is 0 Å². The van der Waals surface area contributed by atoms with E-state index < -0.39 is 0 Å². The summed E-state index contributed by atoms with van der Waals surface area (Å²) in [5.41, 5.74) is 5.81. The third-order valence-electron chi connectivity index (χ3n) is 3.35. The molecule has 0 saturated heterocycles. The summed E-state index contributed by atoms with van der Waals surface area (Å²) < 4.78 is 5.11. The summed E-state index contributed by atoms with van der Waals surface area (Å²) in [7, 11) is 0. The van der Waals surface area contributed by atoms with E-state index in [1.54, 1.807) is 18.4 Å². The zero-order chi connectivity index (χ0) is 15.9. The van der Waals surface area contributed by atoms with E-state index in [2.05, 4.69) is 21.9 Å². The van der Waals surface area contributed by atoms with E-state index in [0.29, 0.717) is 12.2 Å². The van der Waals surface area contributed by atoms with Gasteiger partial charge in [-0.1, -0.05) is 24.6 Å². The van der Waals surface area contributed by atoms with Crippen LogP contribution >= 0.6 is 0 Å². The molecule has 1 amide bonds. The summed E-state index contributed by atoms with van der Waals surface area (Å²) in [6, 6.07) is 9.29. The first kappa shape index (κ1) is 15.8. The Kier molecular flexibility index (Phi) is 5.36. The molecule has 0 saturated carbocycles. The SMILES string of the molecule is CC[C@@H](Nc1ccc(C)cc1C)C(=O)N/N=C\c1ccco1. The molecule has 0 unspecified atom stereocenters. The maximum atomic E-state index is 12.2. The van der Waals surface area contributed by atoms with Gasteiger partial charge in [-0.25, -0.2) is 5.43 Å². The summed E-state index contributed by atoms with van der Waals surface area (Å²) >= 11 is 0. The Hall–Kier alpha value is -2.56. The van der Waals surface area contributed by atoms with Gasteiger partial charge >= 0.3 is 0 Å². The lowest BCUT2D eigenvalue weighted by atomic mass is 10.1. The van der Waals surface area contributed by atoms with Crippen molar-refractivity contribution < 1.29 is 9.21 Å². The molecule has 2 rings (SSSR count). The maximum Gasteiger partial charge on any atom is 0.262 e. The number of nitrogens with zero attached hydrogens (tertiary/aromatic N) is 1. The van der Waals surface area contributed by atoms with Gasteiger partial charge in [0.1, 0.15) is 11.8 Å². The second-order valence-corrected chi connectivity index (χ2v) is 5.17. The van der Waals surface area contributed by atoms with Crippen LogP contribution in [0.2, 0.25) is 0 Å². The van der Waals surface area contributed by atoms with Gasteiger partial charge in [0, 0.05) is 5.69 Å². The third-order valence-corrected chi connectivity index (χ3v) is 3.35. The minimum Gasteiger partial charge on any atom is -0.463 e. The topological polar surface area (TPSA) is 66.6 Å². The van der Waals surface area contributed by atoms with E-state index in [-0.39, 0.29) is 11.9 Å². The summed E-state index contributed by atoms with van der Waals surface area (Å²) in [6.07, 6.45) is 3.69. The van der Waals surface area contributed by atoms with Crippen LogP contribution in [0.4, 0.5) is 5.69 Å². The molecular weight excluding hydrogens is 278 g/mol. The van der Waals surface area contributed by atoms with Crippen molar-refractivity contribution in [3.8, 4) is 0 Å². The lowest BCUT2D eigenvalue weighted by molar-refractivity contribution is -0.121.